The summed E-state index contributed by atoms with van der Waals surface area (Å²) in [7, 11) is 1.79. The minimum Gasteiger partial charge on any atom is -0.486 e. The maximum absolute atomic E-state index is 6.42. The highest BCUT2D eigenvalue weighted by atomic mass is 35.5. The molecule has 0 saturated carbocycles. The van der Waals surface area contributed by atoms with Gasteiger partial charge in [-0.05, 0) is 13.0 Å². The van der Waals surface area contributed by atoms with E-state index in [4.69, 9.17) is 26.8 Å². The van der Waals surface area contributed by atoms with E-state index in [0.29, 0.717) is 35.6 Å². The molecule has 6 heteroatoms. The van der Waals surface area contributed by atoms with Crippen LogP contribution in [0.3, 0.4) is 0 Å². The van der Waals surface area contributed by atoms with Gasteiger partial charge in [-0.15, -0.1) is 0 Å². The van der Waals surface area contributed by atoms with Gasteiger partial charge in [-0.3, -0.25) is 4.68 Å². The molecule has 100 valence electrons. The van der Waals surface area contributed by atoms with Crippen LogP contribution in [0.4, 0.5) is 5.82 Å². The van der Waals surface area contributed by atoms with E-state index >= 15 is 0 Å². The molecule has 0 spiro atoms. The maximum atomic E-state index is 6.42. The van der Waals surface area contributed by atoms with Crippen molar-refractivity contribution in [1.82, 2.24) is 9.78 Å². The number of nitrogens with zero attached hydrogens (tertiary/aromatic N) is 2. The molecule has 5 nitrogen and oxygen atoms in total. The number of aromatic nitrogens is 2. The molecule has 1 aliphatic heterocycles. The van der Waals surface area contributed by atoms with Gasteiger partial charge in [0.15, 0.2) is 11.5 Å². The Labute approximate surface area is 115 Å². The van der Waals surface area contributed by atoms with Crippen LogP contribution in [0.2, 0.25) is 5.02 Å². The molecule has 1 aliphatic rings. The lowest BCUT2D eigenvalue weighted by Crippen LogP contribution is -2.16. The largest absolute Gasteiger partial charge is 0.486 e. The number of fused-ring (bicyclic) bond motifs is 1. The van der Waals surface area contributed by atoms with E-state index in [1.54, 1.807) is 17.9 Å². The molecule has 2 aromatic rings. The second-order valence-corrected chi connectivity index (χ2v) is 4.83. The van der Waals surface area contributed by atoms with E-state index in [-0.39, 0.29) is 0 Å². The van der Waals surface area contributed by atoms with Crippen molar-refractivity contribution >= 4 is 17.4 Å². The van der Waals surface area contributed by atoms with Crippen molar-refractivity contribution in [2.24, 2.45) is 7.05 Å². The fourth-order valence-corrected chi connectivity index (χ4v) is 2.42. The third-order valence-corrected chi connectivity index (χ3v) is 3.75. The zero-order valence-corrected chi connectivity index (χ0v) is 11.5. The summed E-state index contributed by atoms with van der Waals surface area (Å²) in [5, 5.41) is 4.75. The molecule has 0 radical (unpaired) electrons. The van der Waals surface area contributed by atoms with Crippen LogP contribution >= 0.6 is 11.6 Å². The van der Waals surface area contributed by atoms with Crippen molar-refractivity contribution in [2.45, 2.75) is 6.92 Å². The third-order valence-electron chi connectivity index (χ3n) is 3.27. The highest BCUT2D eigenvalue weighted by Crippen LogP contribution is 2.44. The van der Waals surface area contributed by atoms with Crippen molar-refractivity contribution in [3.63, 3.8) is 0 Å². The Morgan fingerprint density at radius 2 is 2.05 bits per heavy atom. The van der Waals surface area contributed by atoms with Gasteiger partial charge in [0.05, 0.1) is 11.2 Å². The number of aryl methyl sites for hydroxylation is 1. The van der Waals surface area contributed by atoms with Crippen molar-refractivity contribution in [3.05, 3.63) is 22.8 Å². The van der Waals surface area contributed by atoms with E-state index < -0.39 is 0 Å². The fraction of sp³-hybridized carbons (Fsp3) is 0.308. The average Bonchev–Trinajstić information content (AvgIpc) is 2.75. The first-order chi connectivity index (χ1) is 9.09. The lowest BCUT2D eigenvalue weighted by atomic mass is 10.0. The normalized spacial score (nSPS) is 13.6. The number of nitrogens with two attached hydrogens (primary N) is 1. The van der Waals surface area contributed by atoms with Gasteiger partial charge in [-0.2, -0.15) is 5.10 Å². The predicted octanol–water partition coefficient (Wildman–Crippen LogP) is 2.40. The SMILES string of the molecule is Cc1c(Cl)c(-c2cnn(C)c2N)cc2c1OCCO2. The van der Waals surface area contributed by atoms with E-state index in [1.807, 2.05) is 13.0 Å². The van der Waals surface area contributed by atoms with Crippen LogP contribution in [0.15, 0.2) is 12.3 Å². The monoisotopic (exact) mass is 279 g/mol. The van der Waals surface area contributed by atoms with E-state index in [0.717, 1.165) is 16.7 Å². The van der Waals surface area contributed by atoms with Gasteiger partial charge in [-0.25, -0.2) is 0 Å². The number of rotatable bonds is 1. The molecule has 0 amide bonds. The molecular weight excluding hydrogens is 266 g/mol. The predicted molar refractivity (Wildman–Crippen MR) is 73.8 cm³/mol. The minimum atomic E-state index is 0.538. The smallest absolute Gasteiger partial charge is 0.165 e. The Kier molecular flexibility index (Phi) is 2.78. The van der Waals surface area contributed by atoms with Crippen LogP contribution < -0.4 is 15.2 Å². The third kappa shape index (κ3) is 1.81. The lowest BCUT2D eigenvalue weighted by Gasteiger charge is -2.22. The molecule has 0 unspecified atom stereocenters. The first-order valence-corrected chi connectivity index (χ1v) is 6.34. The molecule has 0 aliphatic carbocycles. The average molecular weight is 280 g/mol. The zero-order chi connectivity index (χ0) is 13.6. The quantitative estimate of drug-likeness (QED) is 0.871. The number of nitrogen functional groups attached to an aromatic ring is 1. The minimum absolute atomic E-state index is 0.538. The molecule has 0 fully saturated rings. The number of hydrogen-bond acceptors (Lipinski definition) is 4. The molecule has 0 bridgehead atoms. The molecule has 1 aromatic heterocycles. The number of ether oxygens (including phenoxy) is 2. The van der Waals surface area contributed by atoms with Gasteiger partial charge in [0.2, 0.25) is 0 Å². The fourth-order valence-electron chi connectivity index (χ4n) is 2.18. The standard InChI is InChI=1S/C13H14ClN3O2/c1-7-11(14)8(9-6-16-17(2)13(9)15)5-10-12(7)19-4-3-18-10/h5-6H,3-4,15H2,1-2H3. The van der Waals surface area contributed by atoms with Gasteiger partial charge in [0.25, 0.3) is 0 Å². The molecular formula is C13H14ClN3O2. The first-order valence-electron chi connectivity index (χ1n) is 5.96. The van der Waals surface area contributed by atoms with Crippen molar-refractivity contribution < 1.29 is 9.47 Å². The molecule has 19 heavy (non-hydrogen) atoms. The van der Waals surface area contributed by atoms with E-state index in [2.05, 4.69) is 5.10 Å². The first kappa shape index (κ1) is 12.2. The summed E-state index contributed by atoms with van der Waals surface area (Å²) in [4.78, 5) is 0. The Hall–Kier alpha value is -1.88. The van der Waals surface area contributed by atoms with Crippen LogP contribution in [-0.4, -0.2) is 23.0 Å². The van der Waals surface area contributed by atoms with Gasteiger partial charge in [-0.1, -0.05) is 11.6 Å². The zero-order valence-electron chi connectivity index (χ0n) is 10.7. The summed E-state index contributed by atoms with van der Waals surface area (Å²) in [6, 6.07) is 1.86. The van der Waals surface area contributed by atoms with Crippen LogP contribution in [-0.2, 0) is 7.05 Å². The van der Waals surface area contributed by atoms with Gasteiger partial charge < -0.3 is 15.2 Å². The van der Waals surface area contributed by atoms with Gasteiger partial charge in [0.1, 0.15) is 19.0 Å². The van der Waals surface area contributed by atoms with Crippen LogP contribution in [0.1, 0.15) is 5.56 Å². The van der Waals surface area contributed by atoms with Crippen molar-refractivity contribution in [2.75, 3.05) is 18.9 Å². The van der Waals surface area contributed by atoms with Gasteiger partial charge >= 0.3 is 0 Å². The Morgan fingerprint density at radius 3 is 2.74 bits per heavy atom. The van der Waals surface area contributed by atoms with E-state index in [9.17, 15) is 0 Å². The van der Waals surface area contributed by atoms with Gasteiger partial charge in [0, 0.05) is 23.7 Å². The second-order valence-electron chi connectivity index (χ2n) is 4.45. The highest BCUT2D eigenvalue weighted by molar-refractivity contribution is 6.34. The maximum Gasteiger partial charge on any atom is 0.165 e. The molecule has 0 saturated heterocycles. The summed E-state index contributed by atoms with van der Waals surface area (Å²) in [6.45, 7) is 2.99. The van der Waals surface area contributed by atoms with Crippen LogP contribution in [0, 0.1) is 6.92 Å². The van der Waals surface area contributed by atoms with E-state index in [1.165, 1.54) is 0 Å². The number of anilines is 1. The molecule has 2 N–H and O–H groups in total. The number of benzene rings is 1. The van der Waals surface area contributed by atoms with Crippen molar-refractivity contribution in [3.8, 4) is 22.6 Å². The summed E-state index contributed by atoms with van der Waals surface area (Å²) in [5.74, 6) is 1.98. The molecule has 1 aromatic carbocycles. The molecule has 2 heterocycles. The Bertz CT molecular complexity index is 652. The second kappa shape index (κ2) is 4.35. The van der Waals surface area contributed by atoms with Crippen LogP contribution in [0.25, 0.3) is 11.1 Å². The summed E-state index contributed by atoms with van der Waals surface area (Å²) in [5.41, 5.74) is 8.47. The molecule has 3 rings (SSSR count). The number of hydrogen-bond donors (Lipinski definition) is 1. The Balaban J connectivity index is 2.22. The lowest BCUT2D eigenvalue weighted by molar-refractivity contribution is 0.170. The highest BCUT2D eigenvalue weighted by Gasteiger charge is 2.22. The van der Waals surface area contributed by atoms with Crippen molar-refractivity contribution in [1.29, 1.82) is 0 Å². The Morgan fingerprint density at radius 1 is 1.32 bits per heavy atom. The number of halogens is 1. The summed E-state index contributed by atoms with van der Waals surface area (Å²) in [6.07, 6.45) is 1.70. The molecule has 0 atom stereocenters. The topological polar surface area (TPSA) is 62.3 Å². The summed E-state index contributed by atoms with van der Waals surface area (Å²) >= 11 is 6.42. The summed E-state index contributed by atoms with van der Waals surface area (Å²) < 4.78 is 12.8. The van der Waals surface area contributed by atoms with Crippen LogP contribution in [0.5, 0.6) is 11.5 Å².